The molecule has 7 heteroatoms. The number of carbonyl (C=O) groups is 3. The van der Waals surface area contributed by atoms with Crippen molar-refractivity contribution >= 4 is 23.6 Å². The van der Waals surface area contributed by atoms with E-state index in [1.165, 1.54) is 7.11 Å². The molecule has 0 radical (unpaired) electrons. The van der Waals surface area contributed by atoms with E-state index in [2.05, 4.69) is 0 Å². The number of benzene rings is 2. The van der Waals surface area contributed by atoms with Gasteiger partial charge >= 0.3 is 12.0 Å². The summed E-state index contributed by atoms with van der Waals surface area (Å²) < 4.78 is 10.8. The average Bonchev–Trinajstić information content (AvgIpc) is 3.21. The Morgan fingerprint density at radius 1 is 1.04 bits per heavy atom. The summed E-state index contributed by atoms with van der Waals surface area (Å²) in [5.74, 6) is -1.34. The number of anilines is 1. The maximum absolute atomic E-state index is 13.4. The van der Waals surface area contributed by atoms with Gasteiger partial charge in [0, 0.05) is 11.5 Å². The molecule has 142 valence electrons. The average molecular weight is 378 g/mol. The molecule has 0 bridgehead atoms. The van der Waals surface area contributed by atoms with Crippen LogP contribution >= 0.6 is 0 Å². The zero-order valence-electron chi connectivity index (χ0n) is 15.1. The quantitative estimate of drug-likeness (QED) is 0.592. The van der Waals surface area contributed by atoms with Gasteiger partial charge in [-0.15, -0.1) is 0 Å². The van der Waals surface area contributed by atoms with Crippen molar-refractivity contribution in [3.8, 4) is 5.75 Å². The van der Waals surface area contributed by atoms with Crippen LogP contribution in [0.4, 0.5) is 10.5 Å². The number of esters is 1. The zero-order chi connectivity index (χ0) is 19.4. The molecule has 0 aliphatic carbocycles. The monoisotopic (exact) mass is 378 g/mol. The number of ether oxygens (including phenoxy) is 2. The summed E-state index contributed by atoms with van der Waals surface area (Å²) >= 11 is 0. The smallest absolute Gasteiger partial charge is 0.332 e. The zero-order valence-corrected chi connectivity index (χ0v) is 15.1. The predicted molar refractivity (Wildman–Crippen MR) is 98.6 cm³/mol. The topological polar surface area (TPSA) is 76.2 Å². The minimum atomic E-state index is -0.898. The fourth-order valence-corrected chi connectivity index (χ4v) is 4.71. The highest BCUT2D eigenvalue weighted by molar-refractivity contribution is 6.22. The van der Waals surface area contributed by atoms with Crippen LogP contribution in [-0.4, -0.2) is 42.6 Å². The lowest BCUT2D eigenvalue weighted by atomic mass is 9.83. The molecule has 1 unspecified atom stereocenters. The summed E-state index contributed by atoms with van der Waals surface area (Å²) in [6.07, 6.45) is 0. The van der Waals surface area contributed by atoms with Gasteiger partial charge < -0.3 is 14.4 Å². The van der Waals surface area contributed by atoms with Gasteiger partial charge in [0.2, 0.25) is 0 Å². The number of amides is 3. The minimum absolute atomic E-state index is 0.250. The van der Waals surface area contributed by atoms with E-state index in [4.69, 9.17) is 9.47 Å². The molecule has 0 N–H and O–H groups in total. The Bertz CT molecular complexity index is 976. The molecule has 2 aromatic carbocycles. The first-order chi connectivity index (χ1) is 13.6. The molecule has 28 heavy (non-hydrogen) atoms. The molecule has 2 aromatic rings. The molecule has 5 rings (SSSR count). The second kappa shape index (κ2) is 6.09. The number of urea groups is 1. The van der Waals surface area contributed by atoms with Crippen molar-refractivity contribution in [2.24, 2.45) is 11.8 Å². The molecule has 3 aliphatic heterocycles. The van der Waals surface area contributed by atoms with E-state index in [-0.39, 0.29) is 12.5 Å². The highest BCUT2D eigenvalue weighted by atomic mass is 16.5. The van der Waals surface area contributed by atoms with Crippen LogP contribution in [0.1, 0.15) is 11.6 Å². The first-order valence-corrected chi connectivity index (χ1v) is 9.14. The van der Waals surface area contributed by atoms with Crippen LogP contribution in [0.3, 0.4) is 0 Å². The van der Waals surface area contributed by atoms with Crippen LogP contribution in [0, 0.1) is 11.8 Å². The molecule has 3 aliphatic rings. The standard InChI is InChI=1S/C21H18N2O5/c1-27-20(25)16-14-11-28-15-10-6-5-9-13(15)17(14)23-18(16)19(24)22(21(23)26)12-7-3-2-4-8-12/h2-10,14,16-18H,11H2,1H3/t14-,16-,17+,18?/m0/s1. The normalized spacial score (nSPS) is 27.8. The molecule has 0 aromatic heterocycles. The van der Waals surface area contributed by atoms with E-state index in [0.29, 0.717) is 11.4 Å². The van der Waals surface area contributed by atoms with Gasteiger partial charge in [-0.3, -0.25) is 9.59 Å². The molecule has 0 saturated carbocycles. The van der Waals surface area contributed by atoms with Crippen LogP contribution in [0.15, 0.2) is 54.6 Å². The third-order valence-corrected chi connectivity index (χ3v) is 5.85. The molecule has 3 heterocycles. The van der Waals surface area contributed by atoms with Crippen LogP contribution in [-0.2, 0) is 14.3 Å². The van der Waals surface area contributed by atoms with Crippen molar-refractivity contribution in [1.82, 2.24) is 4.90 Å². The lowest BCUT2D eigenvalue weighted by Gasteiger charge is -2.33. The van der Waals surface area contributed by atoms with E-state index < -0.39 is 35.9 Å². The second-order valence-corrected chi connectivity index (χ2v) is 7.15. The van der Waals surface area contributed by atoms with Gasteiger partial charge in [0.25, 0.3) is 5.91 Å². The van der Waals surface area contributed by atoms with E-state index in [1.807, 2.05) is 30.3 Å². The number of rotatable bonds is 2. The largest absolute Gasteiger partial charge is 0.493 e. The minimum Gasteiger partial charge on any atom is -0.493 e. The van der Waals surface area contributed by atoms with Gasteiger partial charge in [-0.25, -0.2) is 9.69 Å². The molecule has 2 saturated heterocycles. The Balaban J connectivity index is 1.65. The van der Waals surface area contributed by atoms with Gasteiger partial charge in [0.1, 0.15) is 11.8 Å². The van der Waals surface area contributed by atoms with E-state index in [9.17, 15) is 14.4 Å². The fraction of sp³-hybridized carbons (Fsp3) is 0.286. The number of methoxy groups -OCH3 is 1. The maximum atomic E-state index is 13.4. The van der Waals surface area contributed by atoms with E-state index >= 15 is 0 Å². The van der Waals surface area contributed by atoms with Crippen LogP contribution in [0.2, 0.25) is 0 Å². The van der Waals surface area contributed by atoms with Crippen molar-refractivity contribution in [2.45, 2.75) is 12.1 Å². The first kappa shape index (κ1) is 16.8. The van der Waals surface area contributed by atoms with Gasteiger partial charge in [-0.2, -0.15) is 0 Å². The summed E-state index contributed by atoms with van der Waals surface area (Å²) in [6, 6.07) is 14.5. The van der Waals surface area contributed by atoms with Gasteiger partial charge in [-0.05, 0) is 18.2 Å². The van der Waals surface area contributed by atoms with Crippen molar-refractivity contribution in [2.75, 3.05) is 18.6 Å². The van der Waals surface area contributed by atoms with Gasteiger partial charge in [0.15, 0.2) is 0 Å². The number of para-hydroxylation sites is 2. The summed E-state index contributed by atoms with van der Waals surface area (Å²) in [5.41, 5.74) is 1.30. The molecule has 4 atom stereocenters. The SMILES string of the molecule is COC(=O)[C@@H]1C2C(=O)N(c3ccccc3)C(=O)N2[C@@H]2c3ccccc3OC[C@@H]12. The lowest BCUT2D eigenvalue weighted by molar-refractivity contribution is -0.149. The van der Waals surface area contributed by atoms with Crippen molar-refractivity contribution in [3.05, 3.63) is 60.2 Å². The Kier molecular flexibility index (Phi) is 3.65. The molecule has 0 spiro atoms. The summed E-state index contributed by atoms with van der Waals surface area (Å²) in [5, 5.41) is 0. The Labute approximate surface area is 161 Å². The fourth-order valence-electron chi connectivity index (χ4n) is 4.71. The van der Waals surface area contributed by atoms with Crippen LogP contribution in [0.25, 0.3) is 0 Å². The number of imide groups is 1. The molecule has 3 amide bonds. The lowest BCUT2D eigenvalue weighted by Crippen LogP contribution is -2.41. The molecule has 7 nitrogen and oxygen atoms in total. The van der Waals surface area contributed by atoms with Crippen molar-refractivity contribution in [3.63, 3.8) is 0 Å². The van der Waals surface area contributed by atoms with Crippen LogP contribution < -0.4 is 9.64 Å². The molecular formula is C21H18N2O5. The highest BCUT2D eigenvalue weighted by Crippen LogP contribution is 2.53. The van der Waals surface area contributed by atoms with Gasteiger partial charge in [0.05, 0.1) is 31.4 Å². The molecule has 2 fully saturated rings. The summed E-state index contributed by atoms with van der Waals surface area (Å²) in [4.78, 5) is 42.0. The Hall–Kier alpha value is -3.35. The number of fused-ring (bicyclic) bond motifs is 5. The van der Waals surface area contributed by atoms with E-state index in [0.717, 1.165) is 10.5 Å². The van der Waals surface area contributed by atoms with Crippen LogP contribution in [0.5, 0.6) is 5.75 Å². The highest BCUT2D eigenvalue weighted by Gasteiger charge is 2.65. The summed E-state index contributed by atoms with van der Waals surface area (Å²) in [6.45, 7) is 0.250. The number of hydrogen-bond acceptors (Lipinski definition) is 5. The Morgan fingerprint density at radius 3 is 2.50 bits per heavy atom. The molecular weight excluding hydrogens is 360 g/mol. The van der Waals surface area contributed by atoms with Gasteiger partial charge in [-0.1, -0.05) is 36.4 Å². The van der Waals surface area contributed by atoms with Crippen molar-refractivity contribution < 1.29 is 23.9 Å². The maximum Gasteiger partial charge on any atom is 0.332 e. The predicted octanol–water partition coefficient (Wildman–Crippen LogP) is 2.38. The number of nitrogens with zero attached hydrogens (tertiary/aromatic N) is 2. The van der Waals surface area contributed by atoms with Crippen molar-refractivity contribution in [1.29, 1.82) is 0 Å². The van der Waals surface area contributed by atoms with E-state index in [1.54, 1.807) is 29.2 Å². The summed E-state index contributed by atoms with van der Waals surface area (Å²) in [7, 11) is 1.30. The second-order valence-electron chi connectivity index (χ2n) is 7.15. The third-order valence-electron chi connectivity index (χ3n) is 5.85. The third kappa shape index (κ3) is 2.13. The number of hydrogen-bond donors (Lipinski definition) is 0. The Morgan fingerprint density at radius 2 is 1.75 bits per heavy atom. The first-order valence-electron chi connectivity index (χ1n) is 9.14. The number of carbonyl (C=O) groups excluding carboxylic acids is 3.